The highest BCUT2D eigenvalue weighted by Gasteiger charge is 2.23. The van der Waals surface area contributed by atoms with Crippen LogP contribution in [0.1, 0.15) is 20.7 Å². The van der Waals surface area contributed by atoms with Gasteiger partial charge in [-0.15, -0.1) is 0 Å². The van der Waals surface area contributed by atoms with Crippen LogP contribution in [0.2, 0.25) is 0 Å². The topological polar surface area (TPSA) is 119 Å². The Labute approximate surface area is 206 Å². The van der Waals surface area contributed by atoms with Gasteiger partial charge in [0.05, 0.1) is 5.56 Å². The number of rotatable bonds is 5. The van der Waals surface area contributed by atoms with Gasteiger partial charge in [-0.3, -0.25) is 9.59 Å². The fourth-order valence-electron chi connectivity index (χ4n) is 3.37. The lowest BCUT2D eigenvalue weighted by molar-refractivity contribution is 0.101. The largest absolute Gasteiger partial charge is 0.504 e. The van der Waals surface area contributed by atoms with Crippen LogP contribution in [0, 0.1) is 23.3 Å². The first kappa shape index (κ1) is 25.0. The van der Waals surface area contributed by atoms with Gasteiger partial charge in [0.1, 0.15) is 0 Å². The molecule has 0 saturated carbocycles. The van der Waals surface area contributed by atoms with E-state index in [1.165, 1.54) is 12.1 Å². The Morgan fingerprint density at radius 2 is 1.05 bits per heavy atom. The number of phenolic OH excluding ortho intramolecular Hbond substituents is 3. The van der Waals surface area contributed by atoms with Crippen LogP contribution in [-0.4, -0.2) is 27.1 Å². The summed E-state index contributed by atoms with van der Waals surface area (Å²) < 4.78 is 53.7. The minimum atomic E-state index is -2.08. The van der Waals surface area contributed by atoms with Crippen molar-refractivity contribution in [1.29, 1.82) is 0 Å². The fraction of sp³-hybridized carbons (Fsp3) is 0. The SMILES string of the molecule is O=C(Nc1ccc(-c2ccc(NC(=O)c3cc(F)c(F)c(F)c3F)cc2)cc1)c1cc(O)c(O)c(O)c1. The molecule has 0 radical (unpaired) electrons. The monoisotopic (exact) mass is 512 g/mol. The Morgan fingerprint density at radius 3 is 1.54 bits per heavy atom. The number of halogens is 4. The zero-order valence-corrected chi connectivity index (χ0v) is 18.5. The zero-order chi connectivity index (χ0) is 26.9. The number of benzene rings is 4. The average Bonchev–Trinajstić information content (AvgIpc) is 2.88. The average molecular weight is 512 g/mol. The highest BCUT2D eigenvalue weighted by molar-refractivity contribution is 6.05. The molecule has 4 aromatic rings. The number of nitrogens with one attached hydrogen (secondary N) is 2. The first-order valence-electron chi connectivity index (χ1n) is 10.5. The van der Waals surface area contributed by atoms with E-state index >= 15 is 0 Å². The number of amides is 2. The second-order valence-corrected chi connectivity index (χ2v) is 7.77. The third-order valence-electron chi connectivity index (χ3n) is 5.30. The van der Waals surface area contributed by atoms with Crippen molar-refractivity contribution in [2.75, 3.05) is 10.6 Å². The van der Waals surface area contributed by atoms with E-state index in [9.17, 15) is 42.5 Å². The number of carbonyl (C=O) groups excluding carboxylic acids is 2. The lowest BCUT2D eigenvalue weighted by atomic mass is 10.0. The predicted octanol–water partition coefficient (Wildman–Crippen LogP) is 5.53. The molecule has 4 rings (SSSR count). The maximum atomic E-state index is 13.8. The number of anilines is 2. The molecule has 0 saturated heterocycles. The maximum Gasteiger partial charge on any atom is 0.258 e. The zero-order valence-electron chi connectivity index (χ0n) is 18.5. The Morgan fingerprint density at radius 1 is 0.595 bits per heavy atom. The van der Waals surface area contributed by atoms with Gasteiger partial charge >= 0.3 is 0 Å². The summed E-state index contributed by atoms with van der Waals surface area (Å²) in [7, 11) is 0. The summed E-state index contributed by atoms with van der Waals surface area (Å²) in [6.07, 6.45) is 0. The van der Waals surface area contributed by atoms with E-state index in [2.05, 4.69) is 10.6 Å². The van der Waals surface area contributed by atoms with Crippen molar-refractivity contribution in [3.05, 3.63) is 101 Å². The number of carbonyl (C=O) groups is 2. The lowest BCUT2D eigenvalue weighted by Crippen LogP contribution is -2.16. The molecule has 0 bridgehead atoms. The van der Waals surface area contributed by atoms with E-state index in [0.29, 0.717) is 16.8 Å². The molecule has 0 aliphatic heterocycles. The third kappa shape index (κ3) is 5.15. The second kappa shape index (κ2) is 9.90. The summed E-state index contributed by atoms with van der Waals surface area (Å²) in [6, 6.07) is 14.9. The molecule has 5 N–H and O–H groups in total. The van der Waals surface area contributed by atoms with Crippen molar-refractivity contribution in [2.24, 2.45) is 0 Å². The van der Waals surface area contributed by atoms with Crippen LogP contribution >= 0.6 is 0 Å². The van der Waals surface area contributed by atoms with Gasteiger partial charge in [-0.05, 0) is 53.6 Å². The van der Waals surface area contributed by atoms with Crippen molar-refractivity contribution in [3.63, 3.8) is 0 Å². The van der Waals surface area contributed by atoms with Gasteiger partial charge in [0.15, 0.2) is 40.5 Å². The Kier molecular flexibility index (Phi) is 6.70. The molecule has 4 aromatic carbocycles. The van der Waals surface area contributed by atoms with Gasteiger partial charge in [-0.2, -0.15) is 0 Å². The Bertz CT molecular complexity index is 1500. The van der Waals surface area contributed by atoms with Crippen molar-refractivity contribution < 1.29 is 42.5 Å². The van der Waals surface area contributed by atoms with Gasteiger partial charge in [0, 0.05) is 16.9 Å². The number of hydrogen-bond acceptors (Lipinski definition) is 5. The minimum Gasteiger partial charge on any atom is -0.504 e. The molecule has 37 heavy (non-hydrogen) atoms. The maximum absolute atomic E-state index is 13.8. The molecule has 0 spiro atoms. The highest BCUT2D eigenvalue weighted by Crippen LogP contribution is 2.35. The van der Waals surface area contributed by atoms with Crippen molar-refractivity contribution in [3.8, 4) is 28.4 Å². The van der Waals surface area contributed by atoms with Crippen LogP contribution < -0.4 is 10.6 Å². The highest BCUT2D eigenvalue weighted by atomic mass is 19.2. The molecule has 2 amide bonds. The van der Waals surface area contributed by atoms with E-state index < -0.39 is 57.9 Å². The molecular weight excluding hydrogens is 496 g/mol. The number of aromatic hydroxyl groups is 3. The van der Waals surface area contributed by atoms with Crippen LogP contribution in [-0.2, 0) is 0 Å². The summed E-state index contributed by atoms with van der Waals surface area (Å²) in [6.45, 7) is 0. The molecule has 0 unspecified atom stereocenters. The second-order valence-electron chi connectivity index (χ2n) is 7.77. The molecule has 11 heteroatoms. The molecule has 0 fully saturated rings. The molecule has 0 heterocycles. The van der Waals surface area contributed by atoms with Gasteiger partial charge in [-0.1, -0.05) is 24.3 Å². The van der Waals surface area contributed by atoms with Crippen LogP contribution in [0.4, 0.5) is 28.9 Å². The van der Waals surface area contributed by atoms with Gasteiger partial charge in [0.25, 0.3) is 11.8 Å². The van der Waals surface area contributed by atoms with E-state index in [0.717, 1.165) is 12.1 Å². The van der Waals surface area contributed by atoms with Crippen LogP contribution in [0.5, 0.6) is 17.2 Å². The number of hydrogen-bond donors (Lipinski definition) is 5. The van der Waals surface area contributed by atoms with Crippen molar-refractivity contribution in [2.45, 2.75) is 0 Å². The lowest BCUT2D eigenvalue weighted by Gasteiger charge is -2.10. The normalized spacial score (nSPS) is 10.7. The smallest absolute Gasteiger partial charge is 0.258 e. The standard InChI is InChI=1S/C26H16F4N2O5/c27-18-11-17(21(28)23(30)22(18)29)26(37)32-16-7-3-13(4-8-16)12-1-5-15(6-2-12)31-25(36)14-9-19(33)24(35)20(34)10-14/h1-11,33-35H,(H,31,36)(H,32,37). The first-order chi connectivity index (χ1) is 17.5. The van der Waals surface area contributed by atoms with Crippen LogP contribution in [0.3, 0.4) is 0 Å². The van der Waals surface area contributed by atoms with Crippen LogP contribution in [0.15, 0.2) is 66.7 Å². The van der Waals surface area contributed by atoms with Crippen LogP contribution in [0.25, 0.3) is 11.1 Å². The Balaban J connectivity index is 1.44. The van der Waals surface area contributed by atoms with Crippen molar-refractivity contribution in [1.82, 2.24) is 0 Å². The molecule has 0 atom stereocenters. The third-order valence-corrected chi connectivity index (χ3v) is 5.30. The Hall–Kier alpha value is -5.06. The summed E-state index contributed by atoms with van der Waals surface area (Å²) in [5.41, 5.74) is 0.906. The van der Waals surface area contributed by atoms with E-state index in [1.807, 2.05) is 0 Å². The first-order valence-corrected chi connectivity index (χ1v) is 10.5. The van der Waals surface area contributed by atoms with Gasteiger partial charge < -0.3 is 26.0 Å². The van der Waals surface area contributed by atoms with Gasteiger partial charge in [0.2, 0.25) is 0 Å². The van der Waals surface area contributed by atoms with E-state index in [-0.39, 0.29) is 17.3 Å². The summed E-state index contributed by atoms with van der Waals surface area (Å²) in [4.78, 5) is 24.6. The summed E-state index contributed by atoms with van der Waals surface area (Å²) in [5, 5.41) is 33.3. The number of phenols is 3. The van der Waals surface area contributed by atoms with Gasteiger partial charge in [-0.25, -0.2) is 17.6 Å². The molecule has 0 aliphatic carbocycles. The quantitative estimate of drug-likeness (QED) is 0.104. The molecule has 7 nitrogen and oxygen atoms in total. The molecule has 0 aromatic heterocycles. The predicted molar refractivity (Wildman–Crippen MR) is 125 cm³/mol. The van der Waals surface area contributed by atoms with E-state index in [1.54, 1.807) is 36.4 Å². The minimum absolute atomic E-state index is 0.0829. The molecule has 0 aliphatic rings. The van der Waals surface area contributed by atoms with Crippen molar-refractivity contribution >= 4 is 23.2 Å². The summed E-state index contributed by atoms with van der Waals surface area (Å²) >= 11 is 0. The fourth-order valence-corrected chi connectivity index (χ4v) is 3.37. The summed E-state index contributed by atoms with van der Waals surface area (Å²) in [5.74, 6) is -11.4. The molecule has 188 valence electrons. The molecular formula is C26H16F4N2O5. The van der Waals surface area contributed by atoms with E-state index in [4.69, 9.17) is 0 Å².